The lowest BCUT2D eigenvalue weighted by molar-refractivity contribution is 0.0247. The number of rotatable bonds is 0. The highest BCUT2D eigenvalue weighted by molar-refractivity contribution is 7.99. The predicted octanol–water partition coefficient (Wildman–Crippen LogP) is 3.40. The monoisotopic (exact) mass is 290 g/mol. The van der Waals surface area contributed by atoms with Gasteiger partial charge in [-0.1, -0.05) is 0 Å². The van der Waals surface area contributed by atoms with Crippen molar-refractivity contribution in [3.05, 3.63) is 29.3 Å². The summed E-state index contributed by atoms with van der Waals surface area (Å²) in [4.78, 5) is 15.0. The molecular formula is C15H18N2O2S. The van der Waals surface area contributed by atoms with Crippen molar-refractivity contribution in [2.75, 3.05) is 12.3 Å². The minimum absolute atomic E-state index is 0.298. The predicted molar refractivity (Wildman–Crippen MR) is 78.5 cm³/mol. The molecule has 0 radical (unpaired) electrons. The zero-order valence-corrected chi connectivity index (χ0v) is 12.8. The first-order valence-electron chi connectivity index (χ1n) is 6.53. The SMILES string of the molecule is CC(C)(C)OC(=O)N1CCSc2ccc(C#N)cc2C1. The summed E-state index contributed by atoms with van der Waals surface area (Å²) in [6.07, 6.45) is -0.298. The van der Waals surface area contributed by atoms with E-state index in [1.807, 2.05) is 39.0 Å². The van der Waals surface area contributed by atoms with E-state index in [9.17, 15) is 4.79 Å². The van der Waals surface area contributed by atoms with E-state index in [-0.39, 0.29) is 6.09 Å². The summed E-state index contributed by atoms with van der Waals surface area (Å²) in [5, 5.41) is 8.98. The van der Waals surface area contributed by atoms with Crippen LogP contribution in [-0.2, 0) is 11.3 Å². The summed E-state index contributed by atoms with van der Waals surface area (Å²) in [6.45, 7) is 6.72. The molecule has 0 atom stereocenters. The molecule has 1 aromatic rings. The largest absolute Gasteiger partial charge is 0.444 e. The number of hydrogen-bond acceptors (Lipinski definition) is 4. The van der Waals surface area contributed by atoms with Gasteiger partial charge in [0, 0.05) is 17.2 Å². The molecule has 20 heavy (non-hydrogen) atoms. The lowest BCUT2D eigenvalue weighted by Crippen LogP contribution is -2.37. The van der Waals surface area contributed by atoms with Crippen molar-refractivity contribution in [2.24, 2.45) is 0 Å². The maximum atomic E-state index is 12.2. The van der Waals surface area contributed by atoms with E-state index in [4.69, 9.17) is 10.00 Å². The minimum atomic E-state index is -0.492. The van der Waals surface area contributed by atoms with Crippen LogP contribution < -0.4 is 0 Å². The molecule has 1 aromatic carbocycles. The van der Waals surface area contributed by atoms with Gasteiger partial charge in [0.05, 0.1) is 18.2 Å². The lowest BCUT2D eigenvalue weighted by atomic mass is 10.1. The van der Waals surface area contributed by atoms with Crippen LogP contribution in [-0.4, -0.2) is 28.9 Å². The first kappa shape index (κ1) is 14.7. The number of benzene rings is 1. The molecule has 1 aliphatic heterocycles. The summed E-state index contributed by atoms with van der Waals surface area (Å²) in [5.41, 5.74) is 1.14. The third-order valence-electron chi connectivity index (χ3n) is 2.82. The first-order chi connectivity index (χ1) is 9.39. The smallest absolute Gasteiger partial charge is 0.410 e. The topological polar surface area (TPSA) is 53.3 Å². The highest BCUT2D eigenvalue weighted by Crippen LogP contribution is 2.28. The maximum absolute atomic E-state index is 12.2. The van der Waals surface area contributed by atoms with Crippen molar-refractivity contribution in [3.63, 3.8) is 0 Å². The molecule has 0 saturated heterocycles. The maximum Gasteiger partial charge on any atom is 0.410 e. The summed E-state index contributed by atoms with van der Waals surface area (Å²) in [7, 11) is 0. The molecule has 0 spiro atoms. The van der Waals surface area contributed by atoms with Crippen molar-refractivity contribution < 1.29 is 9.53 Å². The molecule has 106 valence electrons. The van der Waals surface area contributed by atoms with E-state index in [0.29, 0.717) is 18.7 Å². The number of hydrogen-bond donors (Lipinski definition) is 0. The van der Waals surface area contributed by atoms with E-state index < -0.39 is 5.60 Å². The highest BCUT2D eigenvalue weighted by atomic mass is 32.2. The number of carbonyl (C=O) groups is 1. The standard InChI is InChI=1S/C15H18N2O2S/c1-15(2,3)19-14(18)17-6-7-20-13-5-4-11(9-16)8-12(13)10-17/h4-5,8H,6-7,10H2,1-3H3. The molecule has 0 bridgehead atoms. The van der Waals surface area contributed by atoms with Gasteiger partial charge >= 0.3 is 6.09 Å². The fourth-order valence-corrected chi connectivity index (χ4v) is 2.95. The molecule has 0 saturated carbocycles. The summed E-state index contributed by atoms with van der Waals surface area (Å²) in [6, 6.07) is 7.76. The van der Waals surface area contributed by atoms with Crippen LogP contribution in [0.1, 0.15) is 31.9 Å². The Labute approximate surface area is 123 Å². The van der Waals surface area contributed by atoms with Gasteiger partial charge in [-0.15, -0.1) is 11.8 Å². The molecule has 0 fully saturated rings. The van der Waals surface area contributed by atoms with Gasteiger partial charge in [-0.3, -0.25) is 0 Å². The van der Waals surface area contributed by atoms with Crippen molar-refractivity contribution in [1.29, 1.82) is 5.26 Å². The Morgan fingerprint density at radius 2 is 2.20 bits per heavy atom. The lowest BCUT2D eigenvalue weighted by Gasteiger charge is -2.26. The van der Waals surface area contributed by atoms with Gasteiger partial charge in [0.25, 0.3) is 0 Å². The van der Waals surface area contributed by atoms with E-state index in [1.54, 1.807) is 16.7 Å². The molecule has 2 rings (SSSR count). The number of nitriles is 1. The Balaban J connectivity index is 2.19. The van der Waals surface area contributed by atoms with Crippen LogP contribution in [0, 0.1) is 11.3 Å². The number of carbonyl (C=O) groups excluding carboxylic acids is 1. The van der Waals surface area contributed by atoms with Gasteiger partial charge in [0.1, 0.15) is 5.60 Å². The van der Waals surface area contributed by atoms with Crippen molar-refractivity contribution in [2.45, 2.75) is 37.8 Å². The normalized spacial score (nSPS) is 15.0. The Hall–Kier alpha value is -1.67. The second-order valence-corrected chi connectivity index (χ2v) is 6.82. The second-order valence-electron chi connectivity index (χ2n) is 5.68. The molecule has 1 heterocycles. The van der Waals surface area contributed by atoms with Crippen LogP contribution in [0.2, 0.25) is 0 Å². The Morgan fingerprint density at radius 1 is 1.45 bits per heavy atom. The van der Waals surface area contributed by atoms with Gasteiger partial charge in [-0.05, 0) is 44.5 Å². The average molecular weight is 290 g/mol. The Kier molecular flexibility index (Phi) is 4.24. The molecular weight excluding hydrogens is 272 g/mol. The molecule has 4 nitrogen and oxygen atoms in total. The van der Waals surface area contributed by atoms with Gasteiger partial charge in [0.2, 0.25) is 0 Å². The zero-order valence-electron chi connectivity index (χ0n) is 12.0. The third kappa shape index (κ3) is 3.67. The van der Waals surface area contributed by atoms with Crippen LogP contribution >= 0.6 is 11.8 Å². The van der Waals surface area contributed by atoms with Crippen molar-refractivity contribution in [1.82, 2.24) is 4.90 Å². The number of amides is 1. The zero-order chi connectivity index (χ0) is 14.8. The molecule has 0 aliphatic carbocycles. The summed E-state index contributed by atoms with van der Waals surface area (Å²) in [5.74, 6) is 0.831. The number of ether oxygens (including phenoxy) is 1. The molecule has 0 aromatic heterocycles. The van der Waals surface area contributed by atoms with Gasteiger partial charge in [-0.2, -0.15) is 5.26 Å². The fraction of sp³-hybridized carbons (Fsp3) is 0.467. The van der Waals surface area contributed by atoms with Crippen molar-refractivity contribution in [3.8, 4) is 6.07 Å². The van der Waals surface area contributed by atoms with Gasteiger partial charge in [-0.25, -0.2) is 4.79 Å². The van der Waals surface area contributed by atoms with Crippen molar-refractivity contribution >= 4 is 17.9 Å². The average Bonchev–Trinajstić information content (AvgIpc) is 2.57. The molecule has 5 heteroatoms. The fourth-order valence-electron chi connectivity index (χ4n) is 1.95. The van der Waals surface area contributed by atoms with Gasteiger partial charge < -0.3 is 9.64 Å². The summed E-state index contributed by atoms with van der Waals surface area (Å²) < 4.78 is 5.42. The van der Waals surface area contributed by atoms with E-state index >= 15 is 0 Å². The Bertz CT molecular complexity index is 558. The first-order valence-corrected chi connectivity index (χ1v) is 7.51. The third-order valence-corrected chi connectivity index (χ3v) is 3.92. The quantitative estimate of drug-likeness (QED) is 0.735. The minimum Gasteiger partial charge on any atom is -0.444 e. The number of thioether (sulfide) groups is 1. The number of fused-ring (bicyclic) bond motifs is 1. The van der Waals surface area contributed by atoms with E-state index in [0.717, 1.165) is 16.2 Å². The van der Waals surface area contributed by atoms with E-state index in [2.05, 4.69) is 6.07 Å². The molecule has 1 amide bonds. The Morgan fingerprint density at radius 3 is 2.85 bits per heavy atom. The van der Waals surface area contributed by atoms with Crippen LogP contribution in [0.5, 0.6) is 0 Å². The highest BCUT2D eigenvalue weighted by Gasteiger charge is 2.24. The summed E-state index contributed by atoms with van der Waals surface area (Å²) >= 11 is 1.71. The van der Waals surface area contributed by atoms with Crippen LogP contribution in [0.3, 0.4) is 0 Å². The van der Waals surface area contributed by atoms with E-state index in [1.165, 1.54) is 0 Å². The van der Waals surface area contributed by atoms with Crippen LogP contribution in [0.25, 0.3) is 0 Å². The van der Waals surface area contributed by atoms with Crippen LogP contribution in [0.4, 0.5) is 4.79 Å². The van der Waals surface area contributed by atoms with Crippen LogP contribution in [0.15, 0.2) is 23.1 Å². The molecule has 0 N–H and O–H groups in total. The second kappa shape index (κ2) is 5.76. The molecule has 0 unspecified atom stereocenters. The number of nitrogens with zero attached hydrogens (tertiary/aromatic N) is 2. The molecule has 1 aliphatic rings. The van der Waals surface area contributed by atoms with Gasteiger partial charge in [0.15, 0.2) is 0 Å².